The van der Waals surface area contributed by atoms with Crippen LogP contribution in [0.5, 0.6) is 23.5 Å². The van der Waals surface area contributed by atoms with Crippen molar-refractivity contribution in [2.24, 2.45) is 0 Å². The molecule has 1 N–H and O–H groups in total. The Labute approximate surface area is 129 Å². The molecule has 1 aromatic heterocycles. The Kier molecular flexibility index (Phi) is 4.55. The highest BCUT2D eigenvalue weighted by atomic mass is 16.6. The number of carbonyl (C=O) groups is 1. The molecule has 0 saturated carbocycles. The quantitative estimate of drug-likeness (QED) is 0.625. The molecule has 0 atom stereocenters. The molecule has 10 heteroatoms. The molecule has 0 unspecified atom stereocenters. The lowest BCUT2D eigenvalue weighted by molar-refractivity contribution is -0.384. The van der Waals surface area contributed by atoms with Gasteiger partial charge in [0, 0.05) is 6.07 Å². The minimum atomic E-state index is -1.32. The van der Waals surface area contributed by atoms with Gasteiger partial charge in [-0.3, -0.25) is 10.1 Å². The number of aromatic carboxylic acids is 1. The van der Waals surface area contributed by atoms with Gasteiger partial charge in [-0.05, 0) is 6.07 Å². The Balaban J connectivity index is 2.47. The van der Waals surface area contributed by atoms with Crippen LogP contribution in [0.25, 0.3) is 0 Å². The van der Waals surface area contributed by atoms with Crippen LogP contribution < -0.4 is 14.2 Å². The highest BCUT2D eigenvalue weighted by Crippen LogP contribution is 2.29. The third-order valence-electron chi connectivity index (χ3n) is 2.68. The van der Waals surface area contributed by atoms with E-state index >= 15 is 0 Å². The van der Waals surface area contributed by atoms with Gasteiger partial charge in [-0.2, -0.15) is 9.97 Å². The van der Waals surface area contributed by atoms with Gasteiger partial charge in [0.05, 0.1) is 31.3 Å². The van der Waals surface area contributed by atoms with Crippen molar-refractivity contribution in [2.45, 2.75) is 0 Å². The lowest BCUT2D eigenvalue weighted by atomic mass is 10.2. The zero-order valence-electron chi connectivity index (χ0n) is 12.0. The number of carboxylic acids is 1. The molecule has 0 aliphatic carbocycles. The van der Waals surface area contributed by atoms with E-state index in [0.717, 1.165) is 18.2 Å². The van der Waals surface area contributed by atoms with Gasteiger partial charge in [0.1, 0.15) is 5.56 Å². The summed E-state index contributed by atoms with van der Waals surface area (Å²) in [5.41, 5.74) is -0.610. The lowest BCUT2D eigenvalue weighted by Gasteiger charge is -2.09. The number of nitro benzene ring substituents is 1. The Bertz CT molecular complexity index is 741. The second-order valence-corrected chi connectivity index (χ2v) is 4.08. The molecule has 2 rings (SSSR count). The van der Waals surface area contributed by atoms with Crippen LogP contribution in [0.3, 0.4) is 0 Å². The Morgan fingerprint density at radius 2 is 1.78 bits per heavy atom. The van der Waals surface area contributed by atoms with Gasteiger partial charge in [0.2, 0.25) is 11.8 Å². The van der Waals surface area contributed by atoms with Crippen LogP contribution in [0.4, 0.5) is 5.69 Å². The molecule has 10 nitrogen and oxygen atoms in total. The van der Waals surface area contributed by atoms with Gasteiger partial charge >= 0.3 is 12.0 Å². The first-order chi connectivity index (χ1) is 10.9. The summed E-state index contributed by atoms with van der Waals surface area (Å²) < 4.78 is 15.2. The lowest BCUT2D eigenvalue weighted by Crippen LogP contribution is -2.03. The fourth-order valence-electron chi connectivity index (χ4n) is 1.62. The van der Waals surface area contributed by atoms with E-state index in [9.17, 15) is 14.9 Å². The summed E-state index contributed by atoms with van der Waals surface area (Å²) in [6.07, 6.45) is 0. The first-order valence-electron chi connectivity index (χ1n) is 6.11. The number of carboxylic acid groups (broad SMARTS) is 1. The molecular formula is C13H11N3O7. The third kappa shape index (κ3) is 3.61. The fourth-order valence-corrected chi connectivity index (χ4v) is 1.62. The van der Waals surface area contributed by atoms with Crippen LogP contribution >= 0.6 is 0 Å². The van der Waals surface area contributed by atoms with E-state index < -0.39 is 10.9 Å². The van der Waals surface area contributed by atoms with E-state index in [-0.39, 0.29) is 34.8 Å². The van der Waals surface area contributed by atoms with Gasteiger partial charge < -0.3 is 19.3 Å². The van der Waals surface area contributed by atoms with Crippen molar-refractivity contribution in [1.29, 1.82) is 0 Å². The van der Waals surface area contributed by atoms with Crippen molar-refractivity contribution in [1.82, 2.24) is 9.97 Å². The van der Waals surface area contributed by atoms with E-state index in [4.69, 9.17) is 19.3 Å². The highest BCUT2D eigenvalue weighted by Gasteiger charge is 2.19. The maximum absolute atomic E-state index is 11.2. The number of hydrogen-bond acceptors (Lipinski definition) is 8. The summed E-state index contributed by atoms with van der Waals surface area (Å²) >= 11 is 0. The smallest absolute Gasteiger partial charge is 0.339 e. The SMILES string of the molecule is COc1cc(OC)nc(Oc2cc([N+](=O)[O-])ccc2C(=O)O)n1. The predicted molar refractivity (Wildman–Crippen MR) is 75.3 cm³/mol. The van der Waals surface area contributed by atoms with Crippen molar-refractivity contribution in [3.05, 3.63) is 39.9 Å². The van der Waals surface area contributed by atoms with Gasteiger partial charge in [-0.25, -0.2) is 4.79 Å². The summed E-state index contributed by atoms with van der Waals surface area (Å²) in [5.74, 6) is -1.35. The van der Waals surface area contributed by atoms with E-state index in [0.29, 0.717) is 0 Å². The number of non-ortho nitro benzene ring substituents is 1. The van der Waals surface area contributed by atoms with Crippen LogP contribution in [0, 0.1) is 10.1 Å². The van der Waals surface area contributed by atoms with Crippen molar-refractivity contribution in [3.63, 3.8) is 0 Å². The van der Waals surface area contributed by atoms with Crippen molar-refractivity contribution >= 4 is 11.7 Å². The van der Waals surface area contributed by atoms with Crippen LogP contribution in [-0.2, 0) is 0 Å². The van der Waals surface area contributed by atoms with E-state index in [1.165, 1.54) is 20.3 Å². The number of methoxy groups -OCH3 is 2. The molecule has 2 aromatic rings. The Morgan fingerprint density at radius 3 is 2.26 bits per heavy atom. The number of benzene rings is 1. The van der Waals surface area contributed by atoms with E-state index in [1.807, 2.05) is 0 Å². The zero-order chi connectivity index (χ0) is 17.0. The highest BCUT2D eigenvalue weighted by molar-refractivity contribution is 5.91. The summed E-state index contributed by atoms with van der Waals surface area (Å²) in [7, 11) is 2.73. The van der Waals surface area contributed by atoms with Crippen molar-refractivity contribution in [3.8, 4) is 23.5 Å². The van der Waals surface area contributed by atoms with Crippen LogP contribution in [0.15, 0.2) is 24.3 Å². The second-order valence-electron chi connectivity index (χ2n) is 4.08. The molecule has 0 fully saturated rings. The summed E-state index contributed by atoms with van der Waals surface area (Å²) in [6, 6.07) is 4.21. The van der Waals surface area contributed by atoms with Crippen LogP contribution in [0.1, 0.15) is 10.4 Å². The molecule has 1 aromatic carbocycles. The molecule has 0 saturated heterocycles. The molecule has 0 amide bonds. The normalized spacial score (nSPS) is 10.0. The zero-order valence-corrected chi connectivity index (χ0v) is 12.0. The first-order valence-corrected chi connectivity index (χ1v) is 6.11. The molecule has 1 heterocycles. The third-order valence-corrected chi connectivity index (χ3v) is 2.68. The number of hydrogen-bond donors (Lipinski definition) is 1. The monoisotopic (exact) mass is 321 g/mol. The maximum Gasteiger partial charge on any atom is 0.339 e. The minimum Gasteiger partial charge on any atom is -0.481 e. The molecule has 23 heavy (non-hydrogen) atoms. The summed E-state index contributed by atoms with van der Waals surface area (Å²) in [4.78, 5) is 29.1. The van der Waals surface area contributed by atoms with Crippen LogP contribution in [0.2, 0.25) is 0 Å². The largest absolute Gasteiger partial charge is 0.481 e. The number of ether oxygens (including phenoxy) is 3. The molecule has 0 bridgehead atoms. The van der Waals surface area contributed by atoms with Crippen LogP contribution in [-0.4, -0.2) is 40.2 Å². The number of aromatic nitrogens is 2. The standard InChI is InChI=1S/C13H11N3O7/c1-21-10-6-11(22-2)15-13(14-10)23-9-5-7(16(19)20)3-4-8(9)12(17)18/h3-6H,1-2H3,(H,17,18). The number of nitro groups is 1. The Morgan fingerprint density at radius 1 is 1.17 bits per heavy atom. The van der Waals surface area contributed by atoms with E-state index in [1.54, 1.807) is 0 Å². The average molecular weight is 321 g/mol. The second kappa shape index (κ2) is 6.56. The molecule has 0 spiro atoms. The summed E-state index contributed by atoms with van der Waals surface area (Å²) in [6.45, 7) is 0. The predicted octanol–water partition coefficient (Wildman–Crippen LogP) is 1.89. The fraction of sp³-hybridized carbons (Fsp3) is 0.154. The van der Waals surface area contributed by atoms with Gasteiger partial charge in [0.25, 0.3) is 5.69 Å². The first kappa shape index (κ1) is 15.9. The van der Waals surface area contributed by atoms with Crippen molar-refractivity contribution in [2.75, 3.05) is 14.2 Å². The number of nitrogens with zero attached hydrogens (tertiary/aromatic N) is 3. The minimum absolute atomic E-state index is 0.120. The molecule has 0 radical (unpaired) electrons. The van der Waals surface area contributed by atoms with Gasteiger partial charge in [-0.1, -0.05) is 0 Å². The number of rotatable bonds is 6. The van der Waals surface area contributed by atoms with Crippen molar-refractivity contribution < 1.29 is 29.0 Å². The molecule has 120 valence electrons. The molecular weight excluding hydrogens is 310 g/mol. The van der Waals surface area contributed by atoms with Gasteiger partial charge in [-0.15, -0.1) is 0 Å². The summed E-state index contributed by atoms with van der Waals surface area (Å²) in [5, 5.41) is 20.0. The maximum atomic E-state index is 11.2. The topological polar surface area (TPSA) is 134 Å². The Hall–Kier alpha value is -3.43. The van der Waals surface area contributed by atoms with E-state index in [2.05, 4.69) is 9.97 Å². The van der Waals surface area contributed by atoms with Gasteiger partial charge in [0.15, 0.2) is 5.75 Å². The average Bonchev–Trinajstić information content (AvgIpc) is 2.53. The molecule has 0 aliphatic rings. The molecule has 0 aliphatic heterocycles.